The van der Waals surface area contributed by atoms with Crippen LogP contribution in [0.25, 0.3) is 0 Å². The summed E-state index contributed by atoms with van der Waals surface area (Å²) in [4.78, 5) is 6.59. The third-order valence-electron chi connectivity index (χ3n) is 2.25. The van der Waals surface area contributed by atoms with Crippen LogP contribution in [0, 0.1) is 0 Å². The Morgan fingerprint density at radius 1 is 1.40 bits per heavy atom. The first-order valence-corrected chi connectivity index (χ1v) is 6.94. The van der Waals surface area contributed by atoms with Crippen LogP contribution in [0.2, 0.25) is 0 Å². The van der Waals surface area contributed by atoms with Crippen molar-refractivity contribution in [1.29, 1.82) is 0 Å². The molecule has 0 saturated heterocycles. The highest BCUT2D eigenvalue weighted by molar-refractivity contribution is 9.10. The number of pyridine rings is 1. The molecule has 15 heavy (non-hydrogen) atoms. The second kappa shape index (κ2) is 6.61. The van der Waals surface area contributed by atoms with E-state index in [1.807, 2.05) is 12.4 Å². The van der Waals surface area contributed by atoms with Gasteiger partial charge in [0.05, 0.1) is 0 Å². The minimum absolute atomic E-state index is 0.557. The normalized spacial score (nSPS) is 11.3. The molecule has 0 aromatic carbocycles. The molecule has 0 spiro atoms. The maximum Gasteiger partial charge on any atom is 0.0410 e. The smallest absolute Gasteiger partial charge is 0.0410 e. The molecule has 0 saturated carbocycles. The number of rotatable bonds is 5. The Kier molecular flexibility index (Phi) is 5.79. The van der Waals surface area contributed by atoms with Gasteiger partial charge in [-0.2, -0.15) is 0 Å². The van der Waals surface area contributed by atoms with Gasteiger partial charge in [-0.15, -0.1) is 0 Å². The van der Waals surface area contributed by atoms with E-state index >= 15 is 0 Å². The van der Waals surface area contributed by atoms with Crippen LogP contribution in [0.4, 0.5) is 0 Å². The number of halogens is 2. The molecule has 0 aliphatic heterocycles. The van der Waals surface area contributed by atoms with Crippen molar-refractivity contribution in [2.75, 3.05) is 11.9 Å². The largest absolute Gasteiger partial charge is 0.296 e. The van der Waals surface area contributed by atoms with Crippen molar-refractivity contribution in [2.45, 2.75) is 26.4 Å². The molecule has 4 heteroatoms. The first-order valence-electron chi connectivity index (χ1n) is 5.03. The highest BCUT2D eigenvalue weighted by atomic mass is 79.9. The number of hydrogen-bond donors (Lipinski definition) is 0. The number of hydrogen-bond acceptors (Lipinski definition) is 2. The highest BCUT2D eigenvalue weighted by Gasteiger charge is 2.09. The van der Waals surface area contributed by atoms with E-state index in [-0.39, 0.29) is 0 Å². The molecular formula is C11H16Br2N2. The molecule has 0 amide bonds. The van der Waals surface area contributed by atoms with Crippen molar-refractivity contribution in [3.8, 4) is 0 Å². The Morgan fingerprint density at radius 2 is 2.13 bits per heavy atom. The average Bonchev–Trinajstić information content (AvgIpc) is 2.17. The second-order valence-corrected chi connectivity index (χ2v) is 5.47. The first kappa shape index (κ1) is 13.1. The minimum Gasteiger partial charge on any atom is -0.296 e. The van der Waals surface area contributed by atoms with E-state index in [4.69, 9.17) is 0 Å². The van der Waals surface area contributed by atoms with Gasteiger partial charge in [-0.3, -0.25) is 9.88 Å². The Balaban J connectivity index is 2.65. The maximum absolute atomic E-state index is 4.17. The summed E-state index contributed by atoms with van der Waals surface area (Å²) in [5, 5.41) is 1.01. The van der Waals surface area contributed by atoms with Gasteiger partial charge >= 0.3 is 0 Å². The van der Waals surface area contributed by atoms with E-state index in [1.54, 1.807) is 0 Å². The van der Waals surface area contributed by atoms with E-state index in [1.165, 1.54) is 5.56 Å². The summed E-state index contributed by atoms with van der Waals surface area (Å²) in [6, 6.07) is 2.68. The van der Waals surface area contributed by atoms with Crippen LogP contribution in [0.1, 0.15) is 19.4 Å². The number of alkyl halides is 1. The lowest BCUT2D eigenvalue weighted by atomic mass is 10.2. The van der Waals surface area contributed by atoms with Crippen molar-refractivity contribution < 1.29 is 0 Å². The third-order valence-corrected chi connectivity index (χ3v) is 3.04. The van der Waals surface area contributed by atoms with Gasteiger partial charge in [0.1, 0.15) is 0 Å². The van der Waals surface area contributed by atoms with Gasteiger partial charge in [0.15, 0.2) is 0 Å². The molecule has 0 fully saturated rings. The highest BCUT2D eigenvalue weighted by Crippen LogP contribution is 2.13. The third kappa shape index (κ3) is 4.62. The van der Waals surface area contributed by atoms with Crippen LogP contribution in [0.5, 0.6) is 0 Å². The molecule has 0 radical (unpaired) electrons. The first-order chi connectivity index (χ1) is 7.13. The Hall–Kier alpha value is 0.0700. The van der Waals surface area contributed by atoms with E-state index in [9.17, 15) is 0 Å². The predicted molar refractivity (Wildman–Crippen MR) is 71.3 cm³/mol. The second-order valence-electron chi connectivity index (χ2n) is 3.76. The van der Waals surface area contributed by atoms with E-state index in [2.05, 4.69) is 61.7 Å². The lowest BCUT2D eigenvalue weighted by molar-refractivity contribution is 0.227. The van der Waals surface area contributed by atoms with Crippen LogP contribution < -0.4 is 0 Å². The van der Waals surface area contributed by atoms with Gasteiger partial charge in [-0.05, 0) is 41.4 Å². The average molecular weight is 336 g/mol. The molecule has 1 rings (SSSR count). The Morgan fingerprint density at radius 3 is 2.67 bits per heavy atom. The number of aromatic nitrogens is 1. The minimum atomic E-state index is 0.557. The summed E-state index contributed by atoms with van der Waals surface area (Å²) >= 11 is 6.92. The molecule has 1 aromatic heterocycles. The predicted octanol–water partition coefficient (Wildman–Crippen LogP) is 3.45. The quantitative estimate of drug-likeness (QED) is 0.766. The van der Waals surface area contributed by atoms with Crippen molar-refractivity contribution in [3.63, 3.8) is 0 Å². The summed E-state index contributed by atoms with van der Waals surface area (Å²) < 4.78 is 1.04. The van der Waals surface area contributed by atoms with Gasteiger partial charge in [0, 0.05) is 41.3 Å². The zero-order valence-electron chi connectivity index (χ0n) is 9.08. The maximum atomic E-state index is 4.17. The molecule has 0 aliphatic carbocycles. The summed E-state index contributed by atoms with van der Waals surface area (Å²) in [6.45, 7) is 6.45. The van der Waals surface area contributed by atoms with Gasteiger partial charge in [-0.25, -0.2) is 0 Å². The van der Waals surface area contributed by atoms with Crippen LogP contribution in [0.15, 0.2) is 22.9 Å². The summed E-state index contributed by atoms with van der Waals surface area (Å²) in [6.07, 6.45) is 3.74. The SMILES string of the molecule is CC(C)N(CCBr)Cc1cncc(Br)c1. The zero-order valence-corrected chi connectivity index (χ0v) is 12.3. The Bertz CT molecular complexity index is 302. The van der Waals surface area contributed by atoms with Crippen LogP contribution >= 0.6 is 31.9 Å². The van der Waals surface area contributed by atoms with Crippen LogP contribution in [-0.4, -0.2) is 27.8 Å². The molecule has 1 aromatic rings. The summed E-state index contributed by atoms with van der Waals surface area (Å²) in [5.74, 6) is 0. The van der Waals surface area contributed by atoms with Crippen LogP contribution in [0.3, 0.4) is 0 Å². The molecule has 0 atom stereocenters. The van der Waals surface area contributed by atoms with Crippen molar-refractivity contribution in [1.82, 2.24) is 9.88 Å². The van der Waals surface area contributed by atoms with Crippen molar-refractivity contribution in [3.05, 3.63) is 28.5 Å². The molecule has 1 heterocycles. The van der Waals surface area contributed by atoms with Gasteiger partial charge in [0.25, 0.3) is 0 Å². The zero-order chi connectivity index (χ0) is 11.3. The summed E-state index contributed by atoms with van der Waals surface area (Å²) in [5.41, 5.74) is 1.25. The molecule has 0 bridgehead atoms. The topological polar surface area (TPSA) is 16.1 Å². The lowest BCUT2D eigenvalue weighted by Crippen LogP contribution is -2.32. The van der Waals surface area contributed by atoms with E-state index < -0.39 is 0 Å². The van der Waals surface area contributed by atoms with Crippen molar-refractivity contribution in [2.24, 2.45) is 0 Å². The molecular weight excluding hydrogens is 320 g/mol. The van der Waals surface area contributed by atoms with Crippen molar-refractivity contribution >= 4 is 31.9 Å². The van der Waals surface area contributed by atoms with E-state index in [0.29, 0.717) is 6.04 Å². The Labute approximate surface area is 108 Å². The van der Waals surface area contributed by atoms with Gasteiger partial charge in [0.2, 0.25) is 0 Å². The number of nitrogens with zero attached hydrogens (tertiary/aromatic N) is 2. The fourth-order valence-electron chi connectivity index (χ4n) is 1.41. The monoisotopic (exact) mass is 334 g/mol. The summed E-state index contributed by atoms with van der Waals surface area (Å²) in [7, 11) is 0. The molecule has 84 valence electrons. The fourth-order valence-corrected chi connectivity index (χ4v) is 2.27. The lowest BCUT2D eigenvalue weighted by Gasteiger charge is -2.25. The van der Waals surface area contributed by atoms with Gasteiger partial charge < -0.3 is 0 Å². The van der Waals surface area contributed by atoms with Crippen LogP contribution in [-0.2, 0) is 6.54 Å². The fraction of sp³-hybridized carbons (Fsp3) is 0.545. The molecule has 0 aliphatic rings. The molecule has 0 unspecified atom stereocenters. The van der Waals surface area contributed by atoms with Gasteiger partial charge in [-0.1, -0.05) is 15.9 Å². The molecule has 0 N–H and O–H groups in total. The molecule has 2 nitrogen and oxygen atoms in total. The van der Waals surface area contributed by atoms with E-state index in [0.717, 1.165) is 22.9 Å². The standard InChI is InChI=1S/C11H16Br2N2/c1-9(2)15(4-3-12)8-10-5-11(13)7-14-6-10/h5-7,9H,3-4,8H2,1-2H3.